The number of anilines is 1. The van der Waals surface area contributed by atoms with Gasteiger partial charge < -0.3 is 10.0 Å². The van der Waals surface area contributed by atoms with E-state index in [9.17, 15) is 14.0 Å². The highest BCUT2D eigenvalue weighted by Gasteiger charge is 2.31. The van der Waals surface area contributed by atoms with Gasteiger partial charge in [0.2, 0.25) is 5.91 Å². The van der Waals surface area contributed by atoms with Crippen LogP contribution in [-0.4, -0.2) is 23.5 Å². The third-order valence-electron chi connectivity index (χ3n) is 2.86. The number of terminal acetylenes is 1. The molecule has 18 heavy (non-hydrogen) atoms. The van der Waals surface area contributed by atoms with E-state index in [4.69, 9.17) is 11.5 Å². The van der Waals surface area contributed by atoms with Crippen LogP contribution in [0.4, 0.5) is 10.1 Å². The van der Waals surface area contributed by atoms with Crippen LogP contribution in [0.3, 0.4) is 0 Å². The molecule has 1 atom stereocenters. The highest BCUT2D eigenvalue weighted by Crippen LogP contribution is 2.28. The van der Waals surface area contributed by atoms with Gasteiger partial charge in [0.25, 0.3) is 0 Å². The summed E-state index contributed by atoms with van der Waals surface area (Å²) in [5.74, 6) is -0.374. The molecule has 2 rings (SSSR count). The second-order valence-electron chi connectivity index (χ2n) is 4.02. The van der Waals surface area contributed by atoms with Crippen LogP contribution in [0, 0.1) is 24.1 Å². The Morgan fingerprint density at radius 3 is 2.83 bits per heavy atom. The van der Waals surface area contributed by atoms with E-state index in [1.165, 1.54) is 17.0 Å². The average molecular weight is 247 g/mol. The monoisotopic (exact) mass is 247 g/mol. The van der Waals surface area contributed by atoms with Crippen molar-refractivity contribution in [3.8, 4) is 12.3 Å². The first-order valence-electron chi connectivity index (χ1n) is 5.33. The summed E-state index contributed by atoms with van der Waals surface area (Å²) in [6.07, 6.45) is 5.40. The van der Waals surface area contributed by atoms with E-state index in [2.05, 4.69) is 5.92 Å². The topological polar surface area (TPSA) is 57.6 Å². The van der Waals surface area contributed by atoms with Gasteiger partial charge in [-0.05, 0) is 12.1 Å². The van der Waals surface area contributed by atoms with E-state index in [1.54, 1.807) is 0 Å². The summed E-state index contributed by atoms with van der Waals surface area (Å²) >= 11 is 0. The largest absolute Gasteiger partial charge is 0.478 e. The third-order valence-corrected chi connectivity index (χ3v) is 2.86. The van der Waals surface area contributed by atoms with Crippen LogP contribution >= 0.6 is 0 Å². The van der Waals surface area contributed by atoms with Crippen molar-refractivity contribution >= 4 is 17.6 Å². The predicted octanol–water partition coefficient (Wildman–Crippen LogP) is 1.51. The summed E-state index contributed by atoms with van der Waals surface area (Å²) < 4.78 is 14.0. The fourth-order valence-electron chi connectivity index (χ4n) is 1.95. The first-order valence-corrected chi connectivity index (χ1v) is 5.33. The lowest BCUT2D eigenvalue weighted by Gasteiger charge is -2.17. The summed E-state index contributed by atoms with van der Waals surface area (Å²) in [6, 6.07) is 3.93. The highest BCUT2D eigenvalue weighted by atomic mass is 19.1. The molecule has 1 aliphatic rings. The fourth-order valence-corrected chi connectivity index (χ4v) is 1.95. The quantitative estimate of drug-likeness (QED) is 0.806. The molecule has 1 aliphatic heterocycles. The van der Waals surface area contributed by atoms with Crippen molar-refractivity contribution in [3.05, 3.63) is 29.6 Å². The Morgan fingerprint density at radius 1 is 1.56 bits per heavy atom. The van der Waals surface area contributed by atoms with Crippen molar-refractivity contribution in [2.45, 2.75) is 6.42 Å². The molecular formula is C13H10FNO3. The Labute approximate surface area is 103 Å². The normalized spacial score (nSPS) is 18.8. The zero-order chi connectivity index (χ0) is 13.3. The molecule has 0 bridgehead atoms. The molecule has 1 aromatic rings. The van der Waals surface area contributed by atoms with Crippen molar-refractivity contribution in [1.82, 2.24) is 0 Å². The minimum atomic E-state index is -1.37. The van der Waals surface area contributed by atoms with Crippen LogP contribution in [0.2, 0.25) is 0 Å². The summed E-state index contributed by atoms with van der Waals surface area (Å²) in [6.45, 7) is 0.218. The molecule has 1 N–H and O–H groups in total. The number of halogens is 1. The second-order valence-corrected chi connectivity index (χ2v) is 4.02. The zero-order valence-electron chi connectivity index (χ0n) is 9.39. The van der Waals surface area contributed by atoms with Crippen LogP contribution in [0.15, 0.2) is 18.2 Å². The predicted molar refractivity (Wildman–Crippen MR) is 62.7 cm³/mol. The lowest BCUT2D eigenvalue weighted by atomic mass is 10.1. The SMILES string of the molecule is C#CC1CC(=O)N(c2cccc(C(=O)O)c2F)C1. The zero-order valence-corrected chi connectivity index (χ0v) is 9.39. The van der Waals surface area contributed by atoms with Gasteiger partial charge in [0.1, 0.15) is 0 Å². The maximum Gasteiger partial charge on any atom is 0.338 e. The first kappa shape index (κ1) is 12.1. The first-order chi connectivity index (χ1) is 8.54. The van der Waals surface area contributed by atoms with Crippen molar-refractivity contribution in [3.63, 3.8) is 0 Å². The summed E-state index contributed by atoms with van der Waals surface area (Å²) in [7, 11) is 0. The van der Waals surface area contributed by atoms with E-state index in [1.807, 2.05) is 0 Å². The molecule has 1 amide bonds. The Kier molecular flexibility index (Phi) is 3.02. The molecule has 0 radical (unpaired) electrons. The number of carbonyl (C=O) groups excluding carboxylic acids is 1. The van der Waals surface area contributed by atoms with Crippen molar-refractivity contribution in [1.29, 1.82) is 0 Å². The minimum absolute atomic E-state index is 0.0300. The van der Waals surface area contributed by atoms with Gasteiger partial charge in [-0.3, -0.25) is 4.79 Å². The molecule has 0 aliphatic carbocycles. The van der Waals surface area contributed by atoms with Crippen LogP contribution in [0.25, 0.3) is 0 Å². The number of hydrogen-bond donors (Lipinski definition) is 1. The van der Waals surface area contributed by atoms with Crippen LogP contribution in [0.5, 0.6) is 0 Å². The van der Waals surface area contributed by atoms with E-state index in [-0.39, 0.29) is 30.5 Å². The van der Waals surface area contributed by atoms with Gasteiger partial charge in [0.05, 0.1) is 11.3 Å². The molecule has 1 unspecified atom stereocenters. The molecule has 1 aromatic carbocycles. The number of carbonyl (C=O) groups is 2. The maximum absolute atomic E-state index is 14.0. The fraction of sp³-hybridized carbons (Fsp3) is 0.231. The van der Waals surface area contributed by atoms with Gasteiger partial charge in [-0.2, -0.15) is 0 Å². The van der Waals surface area contributed by atoms with Crippen molar-refractivity contribution in [2.24, 2.45) is 5.92 Å². The van der Waals surface area contributed by atoms with E-state index in [0.717, 1.165) is 6.07 Å². The number of nitrogens with zero attached hydrogens (tertiary/aromatic N) is 1. The maximum atomic E-state index is 14.0. The Morgan fingerprint density at radius 2 is 2.28 bits per heavy atom. The molecule has 4 nitrogen and oxygen atoms in total. The number of carboxylic acid groups (broad SMARTS) is 1. The lowest BCUT2D eigenvalue weighted by Crippen LogP contribution is -2.26. The molecule has 5 heteroatoms. The number of amides is 1. The number of aromatic carboxylic acids is 1. The summed E-state index contributed by atoms with van der Waals surface area (Å²) in [4.78, 5) is 23.7. The van der Waals surface area contributed by atoms with Gasteiger partial charge in [-0.15, -0.1) is 12.3 Å². The lowest BCUT2D eigenvalue weighted by molar-refractivity contribution is -0.117. The number of carboxylic acids is 1. The highest BCUT2D eigenvalue weighted by molar-refractivity contribution is 5.98. The standard InChI is InChI=1S/C13H10FNO3/c1-2-8-6-11(16)15(7-8)10-5-3-4-9(12(10)14)13(17)18/h1,3-5,8H,6-7H2,(H,17,18). The van der Waals surface area contributed by atoms with E-state index in [0.29, 0.717) is 0 Å². The van der Waals surface area contributed by atoms with Gasteiger partial charge >= 0.3 is 5.97 Å². The number of hydrogen-bond acceptors (Lipinski definition) is 2. The van der Waals surface area contributed by atoms with Crippen LogP contribution < -0.4 is 4.90 Å². The summed E-state index contributed by atoms with van der Waals surface area (Å²) in [5, 5.41) is 8.82. The minimum Gasteiger partial charge on any atom is -0.478 e. The molecule has 0 spiro atoms. The molecule has 1 fully saturated rings. The smallest absolute Gasteiger partial charge is 0.338 e. The summed E-state index contributed by atoms with van der Waals surface area (Å²) in [5.41, 5.74) is -0.484. The van der Waals surface area contributed by atoms with Gasteiger partial charge in [-0.1, -0.05) is 6.07 Å². The van der Waals surface area contributed by atoms with Crippen LogP contribution in [0.1, 0.15) is 16.8 Å². The Hall–Kier alpha value is -2.35. The number of benzene rings is 1. The van der Waals surface area contributed by atoms with Gasteiger partial charge in [0, 0.05) is 18.9 Å². The second kappa shape index (κ2) is 4.49. The van der Waals surface area contributed by atoms with Crippen LogP contribution in [-0.2, 0) is 4.79 Å². The molecule has 0 aromatic heterocycles. The molecule has 1 heterocycles. The molecule has 0 saturated carbocycles. The Bertz CT molecular complexity index is 562. The van der Waals surface area contributed by atoms with E-state index < -0.39 is 17.3 Å². The third kappa shape index (κ3) is 1.93. The van der Waals surface area contributed by atoms with Crippen molar-refractivity contribution in [2.75, 3.05) is 11.4 Å². The Balaban J connectivity index is 2.41. The molecule has 92 valence electrons. The van der Waals surface area contributed by atoms with E-state index >= 15 is 0 Å². The van der Waals surface area contributed by atoms with Gasteiger partial charge in [-0.25, -0.2) is 9.18 Å². The number of rotatable bonds is 2. The average Bonchev–Trinajstić information content (AvgIpc) is 2.70. The molecular weight excluding hydrogens is 237 g/mol. The molecule has 1 saturated heterocycles. The van der Waals surface area contributed by atoms with Crippen molar-refractivity contribution < 1.29 is 19.1 Å². The van der Waals surface area contributed by atoms with Gasteiger partial charge in [0.15, 0.2) is 5.82 Å².